The van der Waals surface area contributed by atoms with Crippen LogP contribution in [0.5, 0.6) is 0 Å². The summed E-state index contributed by atoms with van der Waals surface area (Å²) in [5, 5.41) is 2.35. The number of aromatic nitrogens is 2. The molecule has 1 heterocycles. The van der Waals surface area contributed by atoms with Crippen molar-refractivity contribution < 1.29 is 49.0 Å². The summed E-state index contributed by atoms with van der Waals surface area (Å²) in [6.07, 6.45) is -10.3. The molecule has 1 aromatic heterocycles. The SMILES string of the molecule is O=c1cc(C(F)(F)F)nc(-c2c(C(F)(F)F)ccc(CNC(=O)[C@H]3C[C@H](OCc4ccc(F)c(F)c4)C3)c2F)[nH]1. The maximum Gasteiger partial charge on any atom is 0.433 e. The third-order valence-electron chi connectivity index (χ3n) is 6.18. The number of carbonyl (C=O) groups is 1. The molecule has 1 aliphatic carbocycles. The van der Waals surface area contributed by atoms with Gasteiger partial charge in [-0.1, -0.05) is 12.1 Å². The quantitative estimate of drug-likeness (QED) is 0.362. The molecule has 0 bridgehead atoms. The van der Waals surface area contributed by atoms with E-state index in [4.69, 9.17) is 4.74 Å². The monoisotopic (exact) mass is 579 g/mol. The van der Waals surface area contributed by atoms with Crippen LogP contribution in [0.15, 0.2) is 41.2 Å². The van der Waals surface area contributed by atoms with Crippen molar-refractivity contribution in [2.75, 3.05) is 0 Å². The predicted molar refractivity (Wildman–Crippen MR) is 120 cm³/mol. The van der Waals surface area contributed by atoms with Crippen LogP contribution in [-0.2, 0) is 35.0 Å². The zero-order valence-corrected chi connectivity index (χ0v) is 20.0. The number of benzene rings is 2. The van der Waals surface area contributed by atoms with Gasteiger partial charge < -0.3 is 15.0 Å². The Morgan fingerprint density at radius 3 is 2.30 bits per heavy atom. The number of aromatic amines is 1. The van der Waals surface area contributed by atoms with E-state index in [1.807, 2.05) is 0 Å². The molecule has 0 saturated heterocycles. The highest BCUT2D eigenvalue weighted by atomic mass is 19.4. The van der Waals surface area contributed by atoms with E-state index in [1.165, 1.54) is 6.07 Å². The van der Waals surface area contributed by atoms with E-state index in [9.17, 15) is 44.7 Å². The number of rotatable bonds is 7. The lowest BCUT2D eigenvalue weighted by Gasteiger charge is -2.34. The minimum Gasteiger partial charge on any atom is -0.373 e. The maximum absolute atomic E-state index is 15.3. The summed E-state index contributed by atoms with van der Waals surface area (Å²) in [6, 6.07) is 4.38. The first kappa shape index (κ1) is 29.1. The second-order valence-corrected chi connectivity index (χ2v) is 9.00. The summed E-state index contributed by atoms with van der Waals surface area (Å²) in [5.41, 5.74) is -6.48. The Hall–Kier alpha value is -3.88. The summed E-state index contributed by atoms with van der Waals surface area (Å²) in [7, 11) is 0. The number of carbonyl (C=O) groups excluding carboxylic acids is 1. The van der Waals surface area contributed by atoms with Crippen LogP contribution in [0.25, 0.3) is 11.4 Å². The molecule has 3 aromatic rings. The number of ether oxygens (including phenoxy) is 1. The van der Waals surface area contributed by atoms with E-state index in [0.717, 1.165) is 12.1 Å². The molecule has 4 rings (SSSR count). The summed E-state index contributed by atoms with van der Waals surface area (Å²) in [4.78, 5) is 28.8. The van der Waals surface area contributed by atoms with Gasteiger partial charge in [-0.3, -0.25) is 9.59 Å². The average Bonchev–Trinajstić information content (AvgIpc) is 2.82. The zero-order valence-electron chi connectivity index (χ0n) is 20.0. The molecule has 0 radical (unpaired) electrons. The minimum absolute atomic E-state index is 0.0201. The summed E-state index contributed by atoms with van der Waals surface area (Å²) < 4.78 is 127. The standard InChI is InChI=1S/C25H18F9N3O3/c26-16-4-1-11(5-17(16)27)10-40-14-6-13(7-14)23(39)35-9-12-2-3-15(24(29,30)31)20(21(12)28)22-36-18(25(32,33)34)8-19(38)37-22/h1-5,8,13-14H,6-7,9-10H2,(H,35,39)(H,36,37,38)/t13-,14-. The lowest BCUT2D eigenvalue weighted by atomic mass is 9.81. The molecule has 15 heteroatoms. The van der Waals surface area contributed by atoms with Gasteiger partial charge in [0.15, 0.2) is 17.3 Å². The highest BCUT2D eigenvalue weighted by molar-refractivity contribution is 5.79. The molecule has 6 nitrogen and oxygen atoms in total. The Balaban J connectivity index is 1.45. The third-order valence-corrected chi connectivity index (χ3v) is 6.18. The normalized spacial score (nSPS) is 17.4. The Kier molecular flexibility index (Phi) is 7.97. The van der Waals surface area contributed by atoms with Gasteiger partial charge in [-0.05, 0) is 36.6 Å². The smallest absolute Gasteiger partial charge is 0.373 e. The molecule has 1 amide bonds. The first-order valence-electron chi connectivity index (χ1n) is 11.5. The summed E-state index contributed by atoms with van der Waals surface area (Å²) in [5.74, 6) is -6.13. The number of nitrogens with zero attached hydrogens (tertiary/aromatic N) is 1. The topological polar surface area (TPSA) is 84.1 Å². The second-order valence-electron chi connectivity index (χ2n) is 9.00. The molecule has 1 aliphatic rings. The van der Waals surface area contributed by atoms with Gasteiger partial charge in [0.05, 0.1) is 23.8 Å². The Labute approximate surface area is 219 Å². The Bertz CT molecular complexity index is 1480. The van der Waals surface area contributed by atoms with Gasteiger partial charge in [0.25, 0.3) is 5.56 Å². The van der Waals surface area contributed by atoms with Crippen molar-refractivity contribution in [1.29, 1.82) is 0 Å². The van der Waals surface area contributed by atoms with Gasteiger partial charge in [-0.15, -0.1) is 0 Å². The lowest BCUT2D eigenvalue weighted by Crippen LogP contribution is -2.42. The van der Waals surface area contributed by atoms with Crippen molar-refractivity contribution in [3.8, 4) is 11.4 Å². The zero-order chi connectivity index (χ0) is 29.4. The van der Waals surface area contributed by atoms with E-state index in [1.54, 1.807) is 4.98 Å². The molecular formula is C25H18F9N3O3. The van der Waals surface area contributed by atoms with Crippen LogP contribution in [0, 0.1) is 23.4 Å². The molecule has 2 aromatic carbocycles. The van der Waals surface area contributed by atoms with Gasteiger partial charge in [-0.2, -0.15) is 26.3 Å². The van der Waals surface area contributed by atoms with E-state index < -0.39 is 81.9 Å². The van der Waals surface area contributed by atoms with Crippen LogP contribution >= 0.6 is 0 Å². The molecule has 0 atom stereocenters. The van der Waals surface area contributed by atoms with Gasteiger partial charge in [0.2, 0.25) is 5.91 Å². The van der Waals surface area contributed by atoms with Crippen molar-refractivity contribution in [3.63, 3.8) is 0 Å². The highest BCUT2D eigenvalue weighted by Crippen LogP contribution is 2.39. The van der Waals surface area contributed by atoms with Crippen molar-refractivity contribution in [2.45, 2.75) is 44.4 Å². The minimum atomic E-state index is -5.22. The Morgan fingerprint density at radius 2 is 1.68 bits per heavy atom. The van der Waals surface area contributed by atoms with Crippen LogP contribution < -0.4 is 10.9 Å². The van der Waals surface area contributed by atoms with Crippen LogP contribution in [0.2, 0.25) is 0 Å². The first-order valence-corrected chi connectivity index (χ1v) is 11.5. The molecule has 214 valence electrons. The number of hydrogen-bond donors (Lipinski definition) is 2. The third kappa shape index (κ3) is 6.46. The molecule has 1 saturated carbocycles. The average molecular weight is 579 g/mol. The largest absolute Gasteiger partial charge is 0.433 e. The maximum atomic E-state index is 15.3. The fourth-order valence-corrected chi connectivity index (χ4v) is 4.03. The van der Waals surface area contributed by atoms with Crippen molar-refractivity contribution in [3.05, 3.63) is 86.6 Å². The summed E-state index contributed by atoms with van der Waals surface area (Å²) >= 11 is 0. The molecular weight excluding hydrogens is 561 g/mol. The number of alkyl halides is 6. The number of amides is 1. The van der Waals surface area contributed by atoms with E-state index in [0.29, 0.717) is 17.7 Å². The van der Waals surface area contributed by atoms with Crippen LogP contribution in [0.4, 0.5) is 39.5 Å². The van der Waals surface area contributed by atoms with Crippen LogP contribution in [-0.4, -0.2) is 22.0 Å². The van der Waals surface area contributed by atoms with Crippen LogP contribution in [0.3, 0.4) is 0 Å². The number of nitrogens with one attached hydrogen (secondary N) is 2. The fourth-order valence-electron chi connectivity index (χ4n) is 4.03. The summed E-state index contributed by atoms with van der Waals surface area (Å²) in [6.45, 7) is -0.655. The lowest BCUT2D eigenvalue weighted by molar-refractivity contribution is -0.141. The van der Waals surface area contributed by atoms with Gasteiger partial charge in [0, 0.05) is 24.1 Å². The highest BCUT2D eigenvalue weighted by Gasteiger charge is 2.39. The van der Waals surface area contributed by atoms with E-state index in [-0.39, 0.29) is 31.6 Å². The molecule has 0 spiro atoms. The molecule has 40 heavy (non-hydrogen) atoms. The van der Waals surface area contributed by atoms with E-state index >= 15 is 4.39 Å². The van der Waals surface area contributed by atoms with Gasteiger partial charge in [0.1, 0.15) is 11.6 Å². The van der Waals surface area contributed by atoms with Gasteiger partial charge in [-0.25, -0.2) is 18.2 Å². The number of H-pyrrole nitrogens is 1. The number of halogens is 9. The van der Waals surface area contributed by atoms with Gasteiger partial charge >= 0.3 is 12.4 Å². The molecule has 0 aliphatic heterocycles. The van der Waals surface area contributed by atoms with E-state index in [2.05, 4.69) is 10.3 Å². The molecule has 1 fully saturated rings. The Morgan fingerprint density at radius 1 is 0.975 bits per heavy atom. The second kappa shape index (κ2) is 10.9. The fraction of sp³-hybridized carbons (Fsp3) is 0.320. The van der Waals surface area contributed by atoms with Crippen molar-refractivity contribution >= 4 is 5.91 Å². The molecule has 0 unspecified atom stereocenters. The molecule has 2 N–H and O–H groups in total. The first-order chi connectivity index (χ1) is 18.6. The number of hydrogen-bond acceptors (Lipinski definition) is 4. The predicted octanol–water partition coefficient (Wildman–Crippen LogP) is 5.50. The van der Waals surface area contributed by atoms with Crippen molar-refractivity contribution in [2.24, 2.45) is 5.92 Å². The van der Waals surface area contributed by atoms with Crippen LogP contribution in [0.1, 0.15) is 35.2 Å². The van der Waals surface area contributed by atoms with Crippen molar-refractivity contribution in [1.82, 2.24) is 15.3 Å².